The summed E-state index contributed by atoms with van der Waals surface area (Å²) in [7, 11) is -3.12. The first-order valence-electron chi connectivity index (χ1n) is 6.32. The summed E-state index contributed by atoms with van der Waals surface area (Å²) in [6.45, 7) is 4.21. The SMILES string of the molecule is CCCC(C)(CCl)C1CS(=O)(=O)c2ccccc21. The molecule has 1 aromatic rings. The van der Waals surface area contributed by atoms with Gasteiger partial charge in [0.1, 0.15) is 0 Å². The maximum atomic E-state index is 12.2. The Labute approximate surface area is 114 Å². The number of halogens is 1. The molecule has 0 aromatic heterocycles. The van der Waals surface area contributed by atoms with E-state index in [0.29, 0.717) is 10.8 Å². The molecule has 1 aliphatic rings. The van der Waals surface area contributed by atoms with Gasteiger partial charge in [-0.15, -0.1) is 11.6 Å². The van der Waals surface area contributed by atoms with Crippen molar-refractivity contribution >= 4 is 21.4 Å². The first-order valence-corrected chi connectivity index (χ1v) is 8.51. The average Bonchev–Trinajstić information content (AvgIpc) is 2.63. The molecule has 0 fully saturated rings. The summed E-state index contributed by atoms with van der Waals surface area (Å²) in [5.41, 5.74) is 0.810. The number of benzene rings is 1. The zero-order chi connectivity index (χ0) is 13.4. The second-order valence-corrected chi connectivity index (χ2v) is 7.68. The van der Waals surface area contributed by atoms with Crippen LogP contribution >= 0.6 is 11.6 Å². The van der Waals surface area contributed by atoms with Crippen molar-refractivity contribution in [2.24, 2.45) is 5.41 Å². The molecule has 1 heterocycles. The van der Waals surface area contributed by atoms with Crippen molar-refractivity contribution < 1.29 is 8.42 Å². The molecular formula is C14H19ClO2S. The molecule has 0 spiro atoms. The highest BCUT2D eigenvalue weighted by Crippen LogP contribution is 2.48. The molecule has 0 saturated carbocycles. The van der Waals surface area contributed by atoms with Crippen LogP contribution in [-0.2, 0) is 9.84 Å². The second-order valence-electron chi connectivity index (χ2n) is 5.41. The van der Waals surface area contributed by atoms with Crippen LogP contribution in [0, 0.1) is 5.41 Å². The molecule has 1 aliphatic heterocycles. The van der Waals surface area contributed by atoms with Gasteiger partial charge in [-0.1, -0.05) is 38.5 Å². The molecule has 0 N–H and O–H groups in total. The zero-order valence-electron chi connectivity index (χ0n) is 10.8. The lowest BCUT2D eigenvalue weighted by Gasteiger charge is -2.33. The van der Waals surface area contributed by atoms with Gasteiger partial charge in [0.05, 0.1) is 10.6 Å². The molecule has 0 saturated heterocycles. The zero-order valence-corrected chi connectivity index (χ0v) is 12.4. The van der Waals surface area contributed by atoms with E-state index >= 15 is 0 Å². The smallest absolute Gasteiger partial charge is 0.179 e. The van der Waals surface area contributed by atoms with Crippen LogP contribution in [-0.4, -0.2) is 20.1 Å². The summed E-state index contributed by atoms with van der Waals surface area (Å²) in [6, 6.07) is 7.35. The molecular weight excluding hydrogens is 268 g/mol. The van der Waals surface area contributed by atoms with Crippen LogP contribution in [0.5, 0.6) is 0 Å². The van der Waals surface area contributed by atoms with Crippen LogP contribution in [0.3, 0.4) is 0 Å². The van der Waals surface area contributed by atoms with Crippen molar-refractivity contribution in [3.05, 3.63) is 29.8 Å². The fraction of sp³-hybridized carbons (Fsp3) is 0.571. The summed E-state index contributed by atoms with van der Waals surface area (Å²) < 4.78 is 24.4. The third-order valence-electron chi connectivity index (χ3n) is 3.98. The van der Waals surface area contributed by atoms with Gasteiger partial charge in [-0.2, -0.15) is 0 Å². The Kier molecular flexibility index (Phi) is 3.75. The first-order chi connectivity index (χ1) is 8.44. The number of fused-ring (bicyclic) bond motifs is 1. The van der Waals surface area contributed by atoms with E-state index < -0.39 is 9.84 Å². The summed E-state index contributed by atoms with van der Waals surface area (Å²) in [6.07, 6.45) is 1.97. The molecule has 0 aliphatic carbocycles. The highest BCUT2D eigenvalue weighted by molar-refractivity contribution is 7.91. The topological polar surface area (TPSA) is 34.1 Å². The number of sulfone groups is 1. The molecule has 1 aromatic carbocycles. The third-order valence-corrected chi connectivity index (χ3v) is 6.41. The maximum absolute atomic E-state index is 12.2. The van der Waals surface area contributed by atoms with Crippen LogP contribution in [0.2, 0.25) is 0 Å². The summed E-state index contributed by atoms with van der Waals surface area (Å²) in [5, 5.41) is 0. The molecule has 18 heavy (non-hydrogen) atoms. The minimum atomic E-state index is -3.12. The highest BCUT2D eigenvalue weighted by Gasteiger charge is 2.44. The van der Waals surface area contributed by atoms with Gasteiger partial charge in [-0.3, -0.25) is 0 Å². The number of hydrogen-bond donors (Lipinski definition) is 0. The van der Waals surface area contributed by atoms with E-state index in [-0.39, 0.29) is 17.1 Å². The van der Waals surface area contributed by atoms with E-state index in [9.17, 15) is 8.42 Å². The lowest BCUT2D eigenvalue weighted by Crippen LogP contribution is -2.29. The number of hydrogen-bond acceptors (Lipinski definition) is 2. The molecule has 2 nitrogen and oxygen atoms in total. The molecule has 2 atom stereocenters. The van der Waals surface area contributed by atoms with E-state index in [4.69, 9.17) is 11.6 Å². The van der Waals surface area contributed by atoms with Crippen molar-refractivity contribution in [2.75, 3.05) is 11.6 Å². The van der Waals surface area contributed by atoms with Crippen molar-refractivity contribution in [1.29, 1.82) is 0 Å². The van der Waals surface area contributed by atoms with Gasteiger partial charge in [-0.05, 0) is 23.5 Å². The van der Waals surface area contributed by atoms with Gasteiger partial charge in [0.25, 0.3) is 0 Å². The van der Waals surface area contributed by atoms with E-state index in [1.165, 1.54) is 0 Å². The van der Waals surface area contributed by atoms with Crippen molar-refractivity contribution in [1.82, 2.24) is 0 Å². The summed E-state index contributed by atoms with van der Waals surface area (Å²) >= 11 is 6.13. The predicted octanol–water partition coefficient (Wildman–Crippen LogP) is 3.60. The van der Waals surface area contributed by atoms with Gasteiger partial charge >= 0.3 is 0 Å². The molecule has 0 bridgehead atoms. The van der Waals surface area contributed by atoms with Crippen LogP contribution < -0.4 is 0 Å². The van der Waals surface area contributed by atoms with E-state index in [1.807, 2.05) is 12.1 Å². The van der Waals surface area contributed by atoms with Gasteiger partial charge in [0, 0.05) is 11.8 Å². The molecule has 0 amide bonds. The van der Waals surface area contributed by atoms with Crippen molar-refractivity contribution in [2.45, 2.75) is 37.5 Å². The normalized spacial score (nSPS) is 24.5. The van der Waals surface area contributed by atoms with E-state index in [1.54, 1.807) is 12.1 Å². The monoisotopic (exact) mass is 286 g/mol. The van der Waals surface area contributed by atoms with Gasteiger partial charge in [0.15, 0.2) is 9.84 Å². The minimum Gasteiger partial charge on any atom is -0.224 e. The van der Waals surface area contributed by atoms with Gasteiger partial charge in [-0.25, -0.2) is 8.42 Å². The maximum Gasteiger partial charge on any atom is 0.179 e. The van der Waals surface area contributed by atoms with Gasteiger partial charge < -0.3 is 0 Å². The van der Waals surface area contributed by atoms with E-state index in [0.717, 1.165) is 18.4 Å². The Hall–Kier alpha value is -0.540. The van der Waals surface area contributed by atoms with Gasteiger partial charge in [0.2, 0.25) is 0 Å². The summed E-state index contributed by atoms with van der Waals surface area (Å²) in [5.74, 6) is 0.724. The standard InChI is InChI=1S/C14H19ClO2S/c1-3-8-14(2,10-15)12-9-18(16,17)13-7-5-4-6-11(12)13/h4-7,12H,3,8-10H2,1-2H3. The predicted molar refractivity (Wildman–Crippen MR) is 75.0 cm³/mol. The second kappa shape index (κ2) is 4.86. The average molecular weight is 287 g/mol. The molecule has 2 rings (SSSR count). The molecule has 2 unspecified atom stereocenters. The lowest BCUT2D eigenvalue weighted by molar-refractivity contribution is 0.282. The fourth-order valence-corrected chi connectivity index (χ4v) is 5.31. The van der Waals surface area contributed by atoms with Crippen LogP contribution in [0.1, 0.15) is 38.2 Å². The van der Waals surface area contributed by atoms with Crippen molar-refractivity contribution in [3.63, 3.8) is 0 Å². The molecule has 4 heteroatoms. The highest BCUT2D eigenvalue weighted by atomic mass is 35.5. The molecule has 100 valence electrons. The minimum absolute atomic E-state index is 0.0242. The Morgan fingerprint density at radius 3 is 2.67 bits per heavy atom. The van der Waals surface area contributed by atoms with E-state index in [2.05, 4.69) is 13.8 Å². The molecule has 0 radical (unpaired) electrons. The first kappa shape index (κ1) is 13.9. The lowest BCUT2D eigenvalue weighted by atomic mass is 9.73. The Balaban J connectivity index is 2.50. The van der Waals surface area contributed by atoms with Crippen LogP contribution in [0.15, 0.2) is 29.2 Å². The largest absolute Gasteiger partial charge is 0.224 e. The third kappa shape index (κ3) is 2.19. The van der Waals surface area contributed by atoms with Crippen LogP contribution in [0.4, 0.5) is 0 Å². The van der Waals surface area contributed by atoms with Crippen LogP contribution in [0.25, 0.3) is 0 Å². The number of alkyl halides is 1. The van der Waals surface area contributed by atoms with Crippen molar-refractivity contribution in [3.8, 4) is 0 Å². The quantitative estimate of drug-likeness (QED) is 0.793. The Morgan fingerprint density at radius 2 is 2.06 bits per heavy atom. The summed E-state index contributed by atoms with van der Waals surface area (Å²) in [4.78, 5) is 0.502. The fourth-order valence-electron chi connectivity index (χ4n) is 2.93. The Morgan fingerprint density at radius 1 is 1.39 bits per heavy atom. The Bertz CT molecular complexity index is 538. The number of rotatable bonds is 4.